The summed E-state index contributed by atoms with van der Waals surface area (Å²) in [4.78, 5) is 18.8. The van der Waals surface area contributed by atoms with Crippen LogP contribution in [0.1, 0.15) is 21.5 Å². The van der Waals surface area contributed by atoms with Gasteiger partial charge in [-0.3, -0.25) is 14.7 Å². The van der Waals surface area contributed by atoms with Gasteiger partial charge < -0.3 is 0 Å². The van der Waals surface area contributed by atoms with Crippen LogP contribution in [0.3, 0.4) is 0 Å². The van der Waals surface area contributed by atoms with Crippen molar-refractivity contribution >= 4 is 22.8 Å². The zero-order valence-corrected chi connectivity index (χ0v) is 13.6. The maximum absolute atomic E-state index is 13.2. The number of carbonyl (C=O) groups is 1. The lowest BCUT2D eigenvalue weighted by Crippen LogP contribution is -2.32. The Morgan fingerprint density at radius 2 is 2.09 bits per heavy atom. The first-order valence-corrected chi connectivity index (χ1v) is 8.42. The molecule has 2 aromatic rings. The van der Waals surface area contributed by atoms with Gasteiger partial charge in [0.1, 0.15) is 5.82 Å². The fourth-order valence-electron chi connectivity index (χ4n) is 2.45. The first kappa shape index (κ1) is 15.7. The summed E-state index contributed by atoms with van der Waals surface area (Å²) < 4.78 is 13.2. The highest BCUT2D eigenvalue weighted by Gasteiger charge is 2.25. The SMILES string of the molecule is Cc1cccc(C(=O)N2CCN=C2SCc2cccc(F)c2)c1. The second-order valence-electron chi connectivity index (χ2n) is 5.41. The van der Waals surface area contributed by atoms with E-state index in [0.717, 1.165) is 11.1 Å². The second kappa shape index (κ2) is 6.96. The maximum atomic E-state index is 13.2. The van der Waals surface area contributed by atoms with Gasteiger partial charge in [-0.05, 0) is 36.8 Å². The summed E-state index contributed by atoms with van der Waals surface area (Å²) in [7, 11) is 0. The van der Waals surface area contributed by atoms with Gasteiger partial charge in [0.25, 0.3) is 5.91 Å². The Hall–Kier alpha value is -2.14. The summed E-state index contributed by atoms with van der Waals surface area (Å²) in [6.45, 7) is 3.18. The monoisotopic (exact) mass is 328 g/mol. The minimum Gasteiger partial charge on any atom is -0.286 e. The van der Waals surface area contributed by atoms with Crippen molar-refractivity contribution in [3.63, 3.8) is 0 Å². The molecule has 1 amide bonds. The number of hydrogen-bond donors (Lipinski definition) is 0. The van der Waals surface area contributed by atoms with Crippen molar-refractivity contribution in [1.29, 1.82) is 0 Å². The summed E-state index contributed by atoms with van der Waals surface area (Å²) in [5.41, 5.74) is 2.61. The molecule has 0 bridgehead atoms. The Morgan fingerprint density at radius 1 is 1.26 bits per heavy atom. The zero-order chi connectivity index (χ0) is 16.2. The number of thioether (sulfide) groups is 1. The Balaban J connectivity index is 1.69. The van der Waals surface area contributed by atoms with Crippen molar-refractivity contribution in [2.45, 2.75) is 12.7 Å². The van der Waals surface area contributed by atoms with E-state index in [9.17, 15) is 9.18 Å². The van der Waals surface area contributed by atoms with Crippen LogP contribution in [0.2, 0.25) is 0 Å². The lowest BCUT2D eigenvalue weighted by molar-refractivity contribution is 0.0860. The number of aliphatic imine (C=N–C) groups is 1. The molecule has 3 nitrogen and oxygen atoms in total. The van der Waals surface area contributed by atoms with Gasteiger partial charge in [0.2, 0.25) is 0 Å². The molecule has 0 unspecified atom stereocenters. The van der Waals surface area contributed by atoms with Gasteiger partial charge in [-0.15, -0.1) is 0 Å². The number of amidine groups is 1. The molecule has 0 spiro atoms. The number of hydrogen-bond acceptors (Lipinski definition) is 3. The third-order valence-corrected chi connectivity index (χ3v) is 4.65. The van der Waals surface area contributed by atoms with Crippen molar-refractivity contribution in [2.24, 2.45) is 4.99 Å². The molecule has 0 fully saturated rings. The molecule has 3 rings (SSSR count). The number of halogens is 1. The quantitative estimate of drug-likeness (QED) is 0.856. The molecular formula is C18H17FN2OS. The largest absolute Gasteiger partial charge is 0.286 e. The van der Waals surface area contributed by atoms with E-state index in [2.05, 4.69) is 4.99 Å². The summed E-state index contributed by atoms with van der Waals surface area (Å²) in [5.74, 6) is 0.314. The van der Waals surface area contributed by atoms with E-state index in [1.807, 2.05) is 37.3 Å². The van der Waals surface area contributed by atoms with Gasteiger partial charge in [-0.1, -0.05) is 41.6 Å². The highest BCUT2D eigenvalue weighted by molar-refractivity contribution is 8.13. The standard InChI is InChI=1S/C18H17FN2OS/c1-13-4-2-6-15(10-13)17(22)21-9-8-20-18(21)23-12-14-5-3-7-16(19)11-14/h2-7,10-11H,8-9,12H2,1H3. The predicted octanol–water partition coefficient (Wildman–Crippen LogP) is 3.88. The van der Waals surface area contributed by atoms with Gasteiger partial charge >= 0.3 is 0 Å². The number of benzene rings is 2. The topological polar surface area (TPSA) is 32.7 Å². The van der Waals surface area contributed by atoms with E-state index in [4.69, 9.17) is 0 Å². The first-order chi connectivity index (χ1) is 11.1. The van der Waals surface area contributed by atoms with Crippen molar-refractivity contribution in [3.05, 3.63) is 71.0 Å². The third kappa shape index (κ3) is 3.79. The molecule has 23 heavy (non-hydrogen) atoms. The molecule has 1 aliphatic heterocycles. The van der Waals surface area contributed by atoms with Crippen LogP contribution in [0.25, 0.3) is 0 Å². The Labute approximate surface area is 139 Å². The first-order valence-electron chi connectivity index (χ1n) is 7.44. The smallest absolute Gasteiger partial charge is 0.259 e. The van der Waals surface area contributed by atoms with Crippen molar-refractivity contribution in [2.75, 3.05) is 13.1 Å². The van der Waals surface area contributed by atoms with E-state index in [1.54, 1.807) is 11.0 Å². The highest BCUT2D eigenvalue weighted by atomic mass is 32.2. The molecule has 0 radical (unpaired) electrons. The summed E-state index contributed by atoms with van der Waals surface area (Å²) in [6, 6.07) is 14.1. The molecule has 0 atom stereocenters. The van der Waals surface area contributed by atoms with Gasteiger partial charge in [0.05, 0.1) is 6.54 Å². The van der Waals surface area contributed by atoms with Crippen LogP contribution in [0.15, 0.2) is 53.5 Å². The predicted molar refractivity (Wildman–Crippen MR) is 92.2 cm³/mol. The maximum Gasteiger partial charge on any atom is 0.259 e. The van der Waals surface area contributed by atoms with Crippen LogP contribution in [0, 0.1) is 12.7 Å². The van der Waals surface area contributed by atoms with Crippen LogP contribution < -0.4 is 0 Å². The van der Waals surface area contributed by atoms with Crippen LogP contribution in [-0.4, -0.2) is 29.1 Å². The van der Waals surface area contributed by atoms with Crippen LogP contribution in [0.5, 0.6) is 0 Å². The molecule has 1 aliphatic rings. The zero-order valence-electron chi connectivity index (χ0n) is 12.8. The third-order valence-electron chi connectivity index (χ3n) is 3.57. The van der Waals surface area contributed by atoms with Crippen molar-refractivity contribution in [1.82, 2.24) is 4.90 Å². The fourth-order valence-corrected chi connectivity index (χ4v) is 3.44. The minimum absolute atomic E-state index is 0.0308. The normalized spacial score (nSPS) is 14.0. The van der Waals surface area contributed by atoms with E-state index in [1.165, 1.54) is 23.9 Å². The molecule has 0 aliphatic carbocycles. The lowest BCUT2D eigenvalue weighted by atomic mass is 10.1. The number of amides is 1. The van der Waals surface area contributed by atoms with Gasteiger partial charge in [0, 0.05) is 17.9 Å². The van der Waals surface area contributed by atoms with Crippen LogP contribution in [-0.2, 0) is 5.75 Å². The van der Waals surface area contributed by atoms with E-state index < -0.39 is 0 Å². The number of aryl methyl sites for hydroxylation is 1. The van der Waals surface area contributed by atoms with Gasteiger partial charge in [0.15, 0.2) is 5.17 Å². The molecule has 118 valence electrons. The molecule has 2 aromatic carbocycles. The molecule has 0 saturated carbocycles. The van der Waals surface area contributed by atoms with E-state index in [-0.39, 0.29) is 11.7 Å². The molecule has 5 heteroatoms. The fraction of sp³-hybridized carbons (Fsp3) is 0.222. The van der Waals surface area contributed by atoms with Crippen molar-refractivity contribution in [3.8, 4) is 0 Å². The minimum atomic E-state index is -0.246. The Morgan fingerprint density at radius 3 is 2.87 bits per heavy atom. The average molecular weight is 328 g/mol. The Bertz CT molecular complexity index is 760. The molecule has 0 aromatic heterocycles. The van der Waals surface area contributed by atoms with E-state index in [0.29, 0.717) is 29.6 Å². The van der Waals surface area contributed by atoms with Gasteiger partial charge in [-0.2, -0.15) is 0 Å². The van der Waals surface area contributed by atoms with Crippen LogP contribution in [0.4, 0.5) is 4.39 Å². The summed E-state index contributed by atoms with van der Waals surface area (Å²) in [5, 5.41) is 0.709. The van der Waals surface area contributed by atoms with Crippen molar-refractivity contribution < 1.29 is 9.18 Å². The number of nitrogens with zero attached hydrogens (tertiary/aromatic N) is 2. The summed E-state index contributed by atoms with van der Waals surface area (Å²) in [6.07, 6.45) is 0. The highest BCUT2D eigenvalue weighted by Crippen LogP contribution is 2.22. The average Bonchev–Trinajstić information content (AvgIpc) is 3.01. The molecular weight excluding hydrogens is 311 g/mol. The second-order valence-corrected chi connectivity index (χ2v) is 6.35. The molecule has 1 heterocycles. The van der Waals surface area contributed by atoms with Gasteiger partial charge in [-0.25, -0.2) is 4.39 Å². The number of rotatable bonds is 3. The van der Waals surface area contributed by atoms with E-state index >= 15 is 0 Å². The Kier molecular flexibility index (Phi) is 4.76. The molecule has 0 saturated heterocycles. The lowest BCUT2D eigenvalue weighted by Gasteiger charge is -2.18. The summed E-state index contributed by atoms with van der Waals surface area (Å²) >= 11 is 1.47. The molecule has 0 N–H and O–H groups in total. The number of carbonyl (C=O) groups excluding carboxylic acids is 1. The van der Waals surface area contributed by atoms with Crippen LogP contribution >= 0.6 is 11.8 Å².